The maximum atomic E-state index is 4.67. The van der Waals surface area contributed by atoms with E-state index in [1.165, 1.54) is 18.7 Å². The van der Waals surface area contributed by atoms with Crippen LogP contribution in [-0.4, -0.2) is 37.7 Å². The molecule has 6 heteroatoms. The second kappa shape index (κ2) is 6.87. The van der Waals surface area contributed by atoms with E-state index < -0.39 is 0 Å². The van der Waals surface area contributed by atoms with Crippen LogP contribution in [-0.2, 0) is 19.6 Å². The van der Waals surface area contributed by atoms with Crippen molar-refractivity contribution in [2.24, 2.45) is 5.92 Å². The minimum absolute atomic E-state index is 0.685. The molecule has 0 bridgehead atoms. The van der Waals surface area contributed by atoms with Crippen LogP contribution in [0.3, 0.4) is 0 Å². The summed E-state index contributed by atoms with van der Waals surface area (Å²) in [5, 5.41) is 7.93. The normalized spacial score (nSPS) is 15.0. The number of hydrogen-bond acceptors (Lipinski definition) is 5. The average Bonchev–Trinajstić information content (AvgIpc) is 2.94. The molecule has 0 unspecified atom stereocenters. The maximum absolute atomic E-state index is 4.67. The molecule has 0 atom stereocenters. The minimum Gasteiger partial charge on any atom is -0.363 e. The topological polar surface area (TPSA) is 58.9 Å². The van der Waals surface area contributed by atoms with E-state index in [1.54, 1.807) is 18.6 Å². The Morgan fingerprint density at radius 1 is 1.27 bits per heavy atom. The molecule has 0 amide bonds. The Balaban J connectivity index is 1.56. The highest BCUT2D eigenvalue weighted by Crippen LogP contribution is 2.15. The van der Waals surface area contributed by atoms with E-state index in [9.17, 15) is 0 Å². The van der Waals surface area contributed by atoms with Crippen LogP contribution in [0.1, 0.15) is 31.7 Å². The Labute approximate surface area is 131 Å². The van der Waals surface area contributed by atoms with Crippen LogP contribution in [0.15, 0.2) is 24.7 Å². The van der Waals surface area contributed by atoms with Gasteiger partial charge in [-0.25, -0.2) is 4.98 Å². The first-order chi connectivity index (χ1) is 10.7. The zero-order valence-corrected chi connectivity index (χ0v) is 13.4. The van der Waals surface area contributed by atoms with E-state index in [4.69, 9.17) is 0 Å². The van der Waals surface area contributed by atoms with E-state index in [-0.39, 0.29) is 0 Å². The Morgan fingerprint density at radius 2 is 2.18 bits per heavy atom. The molecule has 0 saturated carbocycles. The third kappa shape index (κ3) is 3.82. The summed E-state index contributed by atoms with van der Waals surface area (Å²) < 4.78 is 2.14. The zero-order valence-electron chi connectivity index (χ0n) is 13.4. The Kier molecular flexibility index (Phi) is 4.68. The van der Waals surface area contributed by atoms with Crippen molar-refractivity contribution < 1.29 is 0 Å². The molecule has 3 rings (SSSR count). The summed E-state index contributed by atoms with van der Waals surface area (Å²) >= 11 is 0. The van der Waals surface area contributed by atoms with Gasteiger partial charge in [-0.2, -0.15) is 5.10 Å². The van der Waals surface area contributed by atoms with Gasteiger partial charge in [-0.05, 0) is 24.9 Å². The molecule has 1 aliphatic rings. The van der Waals surface area contributed by atoms with Crippen LogP contribution in [0.5, 0.6) is 0 Å². The van der Waals surface area contributed by atoms with Gasteiger partial charge in [0.05, 0.1) is 30.7 Å². The maximum Gasteiger partial charge on any atom is 0.144 e. The first-order valence-corrected chi connectivity index (χ1v) is 7.98. The van der Waals surface area contributed by atoms with Crippen molar-refractivity contribution in [1.82, 2.24) is 24.6 Å². The molecular formula is C16H24N6. The molecule has 1 aliphatic heterocycles. The van der Waals surface area contributed by atoms with Crippen molar-refractivity contribution >= 4 is 5.82 Å². The van der Waals surface area contributed by atoms with E-state index in [2.05, 4.69) is 49.9 Å². The Hall–Kier alpha value is -1.95. The molecule has 2 aromatic heterocycles. The molecular weight excluding hydrogens is 276 g/mol. The van der Waals surface area contributed by atoms with Gasteiger partial charge in [0.1, 0.15) is 5.82 Å². The smallest absolute Gasteiger partial charge is 0.144 e. The SMILES string of the molecule is CC(C)CCN1CCn2nc(CNc3cnccn3)cc2C1. The van der Waals surface area contributed by atoms with E-state index in [0.717, 1.165) is 37.1 Å². The summed E-state index contributed by atoms with van der Waals surface area (Å²) in [6, 6.07) is 2.20. The van der Waals surface area contributed by atoms with E-state index in [0.29, 0.717) is 6.54 Å². The van der Waals surface area contributed by atoms with Crippen molar-refractivity contribution in [2.75, 3.05) is 18.4 Å². The van der Waals surface area contributed by atoms with Crippen molar-refractivity contribution in [3.8, 4) is 0 Å². The molecule has 0 aromatic carbocycles. The standard InChI is InChI=1S/C16H24N6/c1-13(2)3-6-21-7-8-22-15(12-21)9-14(20-22)10-19-16-11-17-4-5-18-16/h4-5,9,11,13H,3,6-8,10,12H2,1-2H3,(H,18,19). The Bertz CT molecular complexity index is 592. The molecule has 0 radical (unpaired) electrons. The summed E-state index contributed by atoms with van der Waals surface area (Å²) in [5.74, 6) is 1.55. The van der Waals surface area contributed by atoms with Gasteiger partial charge >= 0.3 is 0 Å². The highest BCUT2D eigenvalue weighted by Gasteiger charge is 2.18. The minimum atomic E-state index is 0.685. The van der Waals surface area contributed by atoms with Gasteiger partial charge in [0.2, 0.25) is 0 Å². The third-order valence-electron chi connectivity index (χ3n) is 3.96. The number of nitrogens with zero attached hydrogens (tertiary/aromatic N) is 5. The van der Waals surface area contributed by atoms with Gasteiger partial charge in [0, 0.05) is 25.5 Å². The number of aromatic nitrogens is 4. The number of hydrogen-bond donors (Lipinski definition) is 1. The summed E-state index contributed by atoms with van der Waals surface area (Å²) in [6.45, 7) is 9.51. The fourth-order valence-electron chi connectivity index (χ4n) is 2.67. The predicted octanol–water partition coefficient (Wildman–Crippen LogP) is 2.15. The lowest BCUT2D eigenvalue weighted by Gasteiger charge is -2.27. The van der Waals surface area contributed by atoms with Gasteiger partial charge in [0.15, 0.2) is 0 Å². The second-order valence-electron chi connectivity index (χ2n) is 6.25. The highest BCUT2D eigenvalue weighted by molar-refractivity contribution is 5.31. The van der Waals surface area contributed by atoms with Gasteiger partial charge in [-0.15, -0.1) is 0 Å². The number of fused-ring (bicyclic) bond motifs is 1. The quantitative estimate of drug-likeness (QED) is 0.886. The van der Waals surface area contributed by atoms with Crippen LogP contribution >= 0.6 is 0 Å². The summed E-state index contributed by atoms with van der Waals surface area (Å²) in [6.07, 6.45) is 6.35. The number of nitrogens with one attached hydrogen (secondary N) is 1. The average molecular weight is 300 g/mol. The van der Waals surface area contributed by atoms with Crippen LogP contribution in [0.2, 0.25) is 0 Å². The lowest BCUT2D eigenvalue weighted by atomic mass is 10.1. The van der Waals surface area contributed by atoms with E-state index in [1.807, 2.05) is 0 Å². The monoisotopic (exact) mass is 300 g/mol. The summed E-state index contributed by atoms with van der Waals surface area (Å²) in [5.41, 5.74) is 2.37. The molecule has 2 aromatic rings. The number of rotatable bonds is 6. The molecule has 0 saturated heterocycles. The third-order valence-corrected chi connectivity index (χ3v) is 3.96. The lowest BCUT2D eigenvalue weighted by Crippen LogP contribution is -2.34. The van der Waals surface area contributed by atoms with Crippen molar-refractivity contribution in [1.29, 1.82) is 0 Å². The molecule has 0 aliphatic carbocycles. The molecule has 0 spiro atoms. The largest absolute Gasteiger partial charge is 0.363 e. The molecule has 3 heterocycles. The van der Waals surface area contributed by atoms with Crippen LogP contribution in [0.25, 0.3) is 0 Å². The van der Waals surface area contributed by atoms with E-state index >= 15 is 0 Å². The molecule has 0 fully saturated rings. The van der Waals surface area contributed by atoms with Crippen molar-refractivity contribution in [3.63, 3.8) is 0 Å². The summed E-state index contributed by atoms with van der Waals surface area (Å²) in [7, 11) is 0. The second-order valence-corrected chi connectivity index (χ2v) is 6.25. The van der Waals surface area contributed by atoms with Crippen LogP contribution in [0, 0.1) is 5.92 Å². The Morgan fingerprint density at radius 3 is 2.95 bits per heavy atom. The van der Waals surface area contributed by atoms with Crippen molar-refractivity contribution in [2.45, 2.75) is 39.9 Å². The first-order valence-electron chi connectivity index (χ1n) is 7.98. The van der Waals surface area contributed by atoms with Gasteiger partial charge in [-0.3, -0.25) is 14.6 Å². The fourth-order valence-corrected chi connectivity index (χ4v) is 2.67. The molecule has 1 N–H and O–H groups in total. The zero-order chi connectivity index (χ0) is 15.4. The lowest BCUT2D eigenvalue weighted by molar-refractivity contribution is 0.202. The fraction of sp³-hybridized carbons (Fsp3) is 0.562. The van der Waals surface area contributed by atoms with Gasteiger partial charge in [-0.1, -0.05) is 13.8 Å². The van der Waals surface area contributed by atoms with Gasteiger partial charge in [0.25, 0.3) is 0 Å². The summed E-state index contributed by atoms with van der Waals surface area (Å²) in [4.78, 5) is 10.8. The number of anilines is 1. The van der Waals surface area contributed by atoms with Crippen molar-refractivity contribution in [3.05, 3.63) is 36.0 Å². The molecule has 22 heavy (non-hydrogen) atoms. The van der Waals surface area contributed by atoms with Crippen LogP contribution in [0.4, 0.5) is 5.82 Å². The van der Waals surface area contributed by atoms with Crippen LogP contribution < -0.4 is 5.32 Å². The highest BCUT2D eigenvalue weighted by atomic mass is 15.3. The predicted molar refractivity (Wildman–Crippen MR) is 86.3 cm³/mol. The molecule has 6 nitrogen and oxygen atoms in total. The molecule has 118 valence electrons. The first kappa shape index (κ1) is 15.0. The van der Waals surface area contributed by atoms with Gasteiger partial charge < -0.3 is 5.32 Å².